The van der Waals surface area contributed by atoms with E-state index < -0.39 is 0 Å². The number of hydrogen-bond acceptors (Lipinski definition) is 4. The van der Waals surface area contributed by atoms with Gasteiger partial charge in [-0.2, -0.15) is 0 Å². The summed E-state index contributed by atoms with van der Waals surface area (Å²) >= 11 is 0. The summed E-state index contributed by atoms with van der Waals surface area (Å²) in [7, 11) is 0. The van der Waals surface area contributed by atoms with Crippen LogP contribution in [0.3, 0.4) is 0 Å². The monoisotopic (exact) mass is 241 g/mol. The zero-order chi connectivity index (χ0) is 11.9. The third kappa shape index (κ3) is 4.28. The molecule has 1 N–H and O–H groups in total. The van der Waals surface area contributed by atoms with E-state index >= 15 is 0 Å². The van der Waals surface area contributed by atoms with Crippen LogP contribution in [0.5, 0.6) is 0 Å². The van der Waals surface area contributed by atoms with Crippen LogP contribution in [0.4, 0.5) is 0 Å². The van der Waals surface area contributed by atoms with Crippen LogP contribution in [-0.2, 0) is 14.3 Å². The van der Waals surface area contributed by atoms with E-state index in [0.717, 1.165) is 25.8 Å². The van der Waals surface area contributed by atoms with Gasteiger partial charge in [0.05, 0.1) is 12.5 Å². The van der Waals surface area contributed by atoms with Crippen molar-refractivity contribution < 1.29 is 14.3 Å². The van der Waals surface area contributed by atoms with E-state index in [2.05, 4.69) is 5.32 Å². The highest BCUT2D eigenvalue weighted by molar-refractivity contribution is 5.72. The Morgan fingerprint density at radius 2 is 2.06 bits per heavy atom. The van der Waals surface area contributed by atoms with Crippen molar-refractivity contribution in [3.63, 3.8) is 0 Å². The highest BCUT2D eigenvalue weighted by Gasteiger charge is 2.23. The van der Waals surface area contributed by atoms with Gasteiger partial charge in [-0.3, -0.25) is 4.79 Å². The molecule has 1 atom stereocenters. The molecule has 2 saturated heterocycles. The standard InChI is InChI=1S/C13H23NO3/c15-13(11-4-8-16-9-5-11)17-10-6-12-3-1-2-7-14-12/h11-12,14H,1-10H2/t12-/m0/s1. The molecule has 0 spiro atoms. The highest BCUT2D eigenvalue weighted by Crippen LogP contribution is 2.17. The molecule has 2 rings (SSSR count). The Hall–Kier alpha value is -0.610. The van der Waals surface area contributed by atoms with Crippen LogP contribution >= 0.6 is 0 Å². The first-order chi connectivity index (χ1) is 8.36. The van der Waals surface area contributed by atoms with Crippen LogP contribution in [0.1, 0.15) is 38.5 Å². The molecule has 17 heavy (non-hydrogen) atoms. The molecule has 0 radical (unpaired) electrons. The Labute approximate surface area is 103 Å². The second kappa shape index (κ2) is 6.97. The van der Waals surface area contributed by atoms with Gasteiger partial charge in [0.1, 0.15) is 0 Å². The Morgan fingerprint density at radius 1 is 1.24 bits per heavy atom. The van der Waals surface area contributed by atoms with Crippen molar-refractivity contribution in [2.45, 2.75) is 44.6 Å². The zero-order valence-electron chi connectivity index (χ0n) is 10.5. The molecule has 98 valence electrons. The lowest BCUT2D eigenvalue weighted by molar-refractivity contribution is -0.151. The first-order valence-corrected chi connectivity index (χ1v) is 6.84. The van der Waals surface area contributed by atoms with E-state index in [1.54, 1.807) is 0 Å². The zero-order valence-corrected chi connectivity index (χ0v) is 10.5. The molecular weight excluding hydrogens is 218 g/mol. The van der Waals surface area contributed by atoms with Gasteiger partial charge >= 0.3 is 5.97 Å². The van der Waals surface area contributed by atoms with Gasteiger partial charge in [-0.05, 0) is 38.6 Å². The van der Waals surface area contributed by atoms with Crippen molar-refractivity contribution in [1.82, 2.24) is 5.32 Å². The topological polar surface area (TPSA) is 47.6 Å². The van der Waals surface area contributed by atoms with E-state index in [1.807, 2.05) is 0 Å². The summed E-state index contributed by atoms with van der Waals surface area (Å²) in [6, 6.07) is 0.547. The van der Waals surface area contributed by atoms with Crippen LogP contribution in [0, 0.1) is 5.92 Å². The fourth-order valence-electron chi connectivity index (χ4n) is 2.52. The second-order valence-corrected chi connectivity index (χ2v) is 4.99. The third-order valence-electron chi connectivity index (χ3n) is 3.68. The lowest BCUT2D eigenvalue weighted by atomic mass is 10.0. The van der Waals surface area contributed by atoms with Gasteiger partial charge in [-0.1, -0.05) is 6.42 Å². The van der Waals surface area contributed by atoms with Crippen LogP contribution in [-0.4, -0.2) is 38.4 Å². The second-order valence-electron chi connectivity index (χ2n) is 4.99. The summed E-state index contributed by atoms with van der Waals surface area (Å²) < 4.78 is 10.6. The average molecular weight is 241 g/mol. The molecule has 0 aromatic rings. The normalized spacial score (nSPS) is 26.7. The van der Waals surface area contributed by atoms with Crippen molar-refractivity contribution >= 4 is 5.97 Å². The fraction of sp³-hybridized carbons (Fsp3) is 0.923. The molecule has 2 aliphatic rings. The van der Waals surface area contributed by atoms with Gasteiger partial charge in [0.2, 0.25) is 0 Å². The predicted octanol–water partition coefficient (Wildman–Crippen LogP) is 1.49. The molecule has 4 heteroatoms. The molecule has 2 fully saturated rings. The van der Waals surface area contributed by atoms with Crippen molar-refractivity contribution in [3.8, 4) is 0 Å². The van der Waals surface area contributed by atoms with Gasteiger partial charge in [0, 0.05) is 19.3 Å². The summed E-state index contributed by atoms with van der Waals surface area (Å²) in [6.07, 6.45) is 6.38. The molecule has 4 nitrogen and oxygen atoms in total. The van der Waals surface area contributed by atoms with Gasteiger partial charge < -0.3 is 14.8 Å². The predicted molar refractivity (Wildman–Crippen MR) is 64.8 cm³/mol. The third-order valence-corrected chi connectivity index (χ3v) is 3.68. The number of carbonyl (C=O) groups is 1. The first kappa shape index (κ1) is 12.8. The SMILES string of the molecule is O=C(OCC[C@@H]1CCCCN1)C1CCOCC1. The minimum atomic E-state index is -0.0240. The Balaban J connectivity index is 1.58. The van der Waals surface area contributed by atoms with Crippen LogP contribution in [0.25, 0.3) is 0 Å². The Kier molecular flexibility index (Phi) is 5.26. The molecule has 0 aromatic heterocycles. The fourth-order valence-corrected chi connectivity index (χ4v) is 2.52. The number of carbonyl (C=O) groups excluding carboxylic acids is 1. The molecule has 0 bridgehead atoms. The van der Waals surface area contributed by atoms with Crippen LogP contribution in [0.2, 0.25) is 0 Å². The van der Waals surface area contributed by atoms with E-state index in [1.165, 1.54) is 19.3 Å². The minimum absolute atomic E-state index is 0.0240. The van der Waals surface area contributed by atoms with Gasteiger partial charge in [-0.15, -0.1) is 0 Å². The van der Waals surface area contributed by atoms with Gasteiger partial charge in [0.15, 0.2) is 0 Å². The molecule has 2 aliphatic heterocycles. The summed E-state index contributed by atoms with van der Waals surface area (Å²) in [6.45, 7) is 3.07. The quantitative estimate of drug-likeness (QED) is 0.758. The van der Waals surface area contributed by atoms with Crippen LogP contribution < -0.4 is 5.32 Å². The molecule has 2 heterocycles. The summed E-state index contributed by atoms with van der Waals surface area (Å²) in [4.78, 5) is 11.7. The van der Waals surface area contributed by atoms with Crippen molar-refractivity contribution in [3.05, 3.63) is 0 Å². The van der Waals surface area contributed by atoms with Crippen molar-refractivity contribution in [2.24, 2.45) is 5.92 Å². The molecule has 0 unspecified atom stereocenters. The molecule has 0 aliphatic carbocycles. The van der Waals surface area contributed by atoms with Gasteiger partial charge in [-0.25, -0.2) is 0 Å². The van der Waals surface area contributed by atoms with E-state index in [9.17, 15) is 4.79 Å². The van der Waals surface area contributed by atoms with E-state index in [-0.39, 0.29) is 11.9 Å². The highest BCUT2D eigenvalue weighted by atomic mass is 16.5. The number of hydrogen-bond donors (Lipinski definition) is 1. The van der Waals surface area contributed by atoms with E-state index in [0.29, 0.717) is 25.9 Å². The maximum atomic E-state index is 11.7. The maximum absolute atomic E-state index is 11.7. The lowest BCUT2D eigenvalue weighted by Crippen LogP contribution is -2.35. The number of rotatable bonds is 4. The number of ether oxygens (including phenoxy) is 2. The molecule has 0 amide bonds. The largest absolute Gasteiger partial charge is 0.465 e. The smallest absolute Gasteiger partial charge is 0.309 e. The molecule has 0 aromatic carbocycles. The van der Waals surface area contributed by atoms with Gasteiger partial charge in [0.25, 0.3) is 0 Å². The van der Waals surface area contributed by atoms with Crippen molar-refractivity contribution in [1.29, 1.82) is 0 Å². The van der Waals surface area contributed by atoms with Crippen molar-refractivity contribution in [2.75, 3.05) is 26.4 Å². The van der Waals surface area contributed by atoms with E-state index in [4.69, 9.17) is 9.47 Å². The first-order valence-electron chi connectivity index (χ1n) is 6.84. The maximum Gasteiger partial charge on any atom is 0.309 e. The number of piperidine rings is 1. The Morgan fingerprint density at radius 3 is 2.76 bits per heavy atom. The summed E-state index contributed by atoms with van der Waals surface area (Å²) in [5.41, 5.74) is 0. The number of nitrogens with one attached hydrogen (secondary N) is 1. The average Bonchev–Trinajstić information content (AvgIpc) is 2.41. The number of esters is 1. The summed E-state index contributed by atoms with van der Waals surface area (Å²) in [5, 5.41) is 3.46. The Bertz CT molecular complexity index is 233. The van der Waals surface area contributed by atoms with Crippen LogP contribution in [0.15, 0.2) is 0 Å². The minimum Gasteiger partial charge on any atom is -0.465 e. The molecular formula is C13H23NO3. The summed E-state index contributed by atoms with van der Waals surface area (Å²) in [5.74, 6) is 0.0483. The molecule has 0 saturated carbocycles. The lowest BCUT2D eigenvalue weighted by Gasteiger charge is -2.24.